The van der Waals surface area contributed by atoms with Crippen LogP contribution in [-0.4, -0.2) is 26.9 Å². The van der Waals surface area contributed by atoms with E-state index in [0.29, 0.717) is 12.8 Å². The zero-order chi connectivity index (χ0) is 14.5. The molecule has 0 radical (unpaired) electrons. The number of aliphatic hydroxyl groups excluding tert-OH is 1. The predicted molar refractivity (Wildman–Crippen MR) is 72.7 cm³/mol. The van der Waals surface area contributed by atoms with Gasteiger partial charge in [0.15, 0.2) is 0 Å². The molecule has 1 aromatic carbocycles. The average Bonchev–Trinajstić information content (AvgIpc) is 2.35. The van der Waals surface area contributed by atoms with Crippen LogP contribution in [0, 0.1) is 5.92 Å². The second-order valence-electron chi connectivity index (χ2n) is 5.26. The molecule has 1 atom stereocenters. The first-order valence-corrected chi connectivity index (χ1v) is 6.51. The third-order valence-electron chi connectivity index (χ3n) is 3.65. The first-order valence-electron chi connectivity index (χ1n) is 6.51. The molecule has 19 heavy (non-hydrogen) atoms. The summed E-state index contributed by atoms with van der Waals surface area (Å²) < 4.78 is 0. The van der Waals surface area contributed by atoms with Crippen molar-refractivity contribution in [3.05, 3.63) is 35.4 Å². The zero-order valence-electron chi connectivity index (χ0n) is 11.5. The Bertz CT molecular complexity index is 428. The van der Waals surface area contributed by atoms with Gasteiger partial charge >= 0.3 is 5.97 Å². The summed E-state index contributed by atoms with van der Waals surface area (Å²) in [7, 11) is 0. The molecule has 106 valence electrons. The summed E-state index contributed by atoms with van der Waals surface area (Å²) in [6.07, 6.45) is 0.665. The van der Waals surface area contributed by atoms with E-state index < -0.39 is 11.6 Å². The molecular weight excluding hydrogens is 244 g/mol. The smallest absolute Gasteiger partial charge is 0.306 e. The van der Waals surface area contributed by atoms with Gasteiger partial charge in [0, 0.05) is 0 Å². The maximum atomic E-state index is 10.9. The quantitative estimate of drug-likeness (QED) is 0.705. The van der Waals surface area contributed by atoms with Gasteiger partial charge in [0.25, 0.3) is 0 Å². The zero-order valence-corrected chi connectivity index (χ0v) is 11.5. The summed E-state index contributed by atoms with van der Waals surface area (Å²) in [5.41, 5.74) is 0.562. The van der Waals surface area contributed by atoms with Gasteiger partial charge in [-0.3, -0.25) is 4.79 Å². The van der Waals surface area contributed by atoms with Crippen LogP contribution in [0.2, 0.25) is 0 Å². The van der Waals surface area contributed by atoms with Crippen LogP contribution in [0.4, 0.5) is 0 Å². The van der Waals surface area contributed by atoms with E-state index in [1.165, 1.54) is 0 Å². The molecule has 4 heteroatoms. The SMILES string of the molecule is CC(C)[C@@](O)(CCc1ccccc1CO)CC(=O)O. The minimum absolute atomic E-state index is 0.0464. The highest BCUT2D eigenvalue weighted by Crippen LogP contribution is 2.27. The molecule has 0 aliphatic heterocycles. The number of aliphatic carboxylic acids is 1. The molecule has 0 saturated heterocycles. The second kappa shape index (κ2) is 6.68. The largest absolute Gasteiger partial charge is 0.481 e. The van der Waals surface area contributed by atoms with Crippen LogP contribution in [0.3, 0.4) is 0 Å². The number of hydrogen-bond donors (Lipinski definition) is 3. The van der Waals surface area contributed by atoms with Crippen LogP contribution in [0.1, 0.15) is 37.8 Å². The van der Waals surface area contributed by atoms with Crippen LogP contribution in [0.5, 0.6) is 0 Å². The van der Waals surface area contributed by atoms with E-state index in [0.717, 1.165) is 11.1 Å². The summed E-state index contributed by atoms with van der Waals surface area (Å²) in [5.74, 6) is -1.13. The third kappa shape index (κ3) is 4.33. The number of aliphatic hydroxyl groups is 2. The molecular formula is C15H22O4. The molecule has 1 rings (SSSR count). The van der Waals surface area contributed by atoms with Crippen molar-refractivity contribution in [2.75, 3.05) is 0 Å². The number of hydrogen-bond acceptors (Lipinski definition) is 3. The van der Waals surface area contributed by atoms with Crippen LogP contribution in [0.15, 0.2) is 24.3 Å². The lowest BCUT2D eigenvalue weighted by Gasteiger charge is -2.31. The average molecular weight is 266 g/mol. The lowest BCUT2D eigenvalue weighted by molar-refractivity contribution is -0.145. The Hall–Kier alpha value is -1.39. The number of carbonyl (C=O) groups is 1. The molecule has 0 unspecified atom stereocenters. The standard InChI is InChI=1S/C15H22O4/c1-11(2)15(19,9-14(17)18)8-7-12-5-3-4-6-13(12)10-16/h3-6,11,16,19H,7-10H2,1-2H3,(H,17,18)/t15-/m1/s1. The predicted octanol–water partition coefficient (Wildman–Crippen LogP) is 1.97. The van der Waals surface area contributed by atoms with Gasteiger partial charge in [-0.1, -0.05) is 38.1 Å². The minimum atomic E-state index is -1.21. The van der Waals surface area contributed by atoms with Crippen molar-refractivity contribution in [3.63, 3.8) is 0 Å². The summed E-state index contributed by atoms with van der Waals surface area (Å²) in [5, 5.41) is 28.6. The van der Waals surface area contributed by atoms with Gasteiger partial charge in [0.2, 0.25) is 0 Å². The Balaban J connectivity index is 2.79. The van der Waals surface area contributed by atoms with Crippen molar-refractivity contribution < 1.29 is 20.1 Å². The van der Waals surface area contributed by atoms with E-state index in [4.69, 9.17) is 5.11 Å². The topological polar surface area (TPSA) is 77.8 Å². The van der Waals surface area contributed by atoms with Gasteiger partial charge in [0.1, 0.15) is 0 Å². The molecule has 0 fully saturated rings. The highest BCUT2D eigenvalue weighted by Gasteiger charge is 2.33. The van der Waals surface area contributed by atoms with Crippen molar-refractivity contribution in [3.8, 4) is 0 Å². The number of rotatable bonds is 7. The molecule has 1 aromatic rings. The Morgan fingerprint density at radius 3 is 2.32 bits per heavy atom. The van der Waals surface area contributed by atoms with Crippen molar-refractivity contribution >= 4 is 5.97 Å². The van der Waals surface area contributed by atoms with Gasteiger partial charge in [0.05, 0.1) is 18.6 Å². The monoisotopic (exact) mass is 266 g/mol. The molecule has 4 nitrogen and oxygen atoms in total. The molecule has 0 bridgehead atoms. The van der Waals surface area contributed by atoms with E-state index in [2.05, 4.69) is 0 Å². The highest BCUT2D eigenvalue weighted by atomic mass is 16.4. The summed E-state index contributed by atoms with van der Waals surface area (Å²) in [6.45, 7) is 3.59. The fourth-order valence-electron chi connectivity index (χ4n) is 2.15. The van der Waals surface area contributed by atoms with Crippen LogP contribution >= 0.6 is 0 Å². The van der Waals surface area contributed by atoms with Crippen molar-refractivity contribution in [2.24, 2.45) is 5.92 Å². The van der Waals surface area contributed by atoms with Gasteiger partial charge in [-0.25, -0.2) is 0 Å². The van der Waals surface area contributed by atoms with E-state index in [-0.39, 0.29) is 18.9 Å². The van der Waals surface area contributed by atoms with E-state index in [9.17, 15) is 15.0 Å². The number of aryl methyl sites for hydroxylation is 1. The Kier molecular flexibility index (Phi) is 5.51. The molecule has 0 amide bonds. The Morgan fingerprint density at radius 2 is 1.84 bits per heavy atom. The van der Waals surface area contributed by atoms with Gasteiger partial charge in [-0.15, -0.1) is 0 Å². The number of benzene rings is 1. The summed E-state index contributed by atoms with van der Waals surface area (Å²) >= 11 is 0. The summed E-state index contributed by atoms with van der Waals surface area (Å²) in [4.78, 5) is 10.9. The fourth-order valence-corrected chi connectivity index (χ4v) is 2.15. The molecule has 3 N–H and O–H groups in total. The van der Waals surface area contributed by atoms with Gasteiger partial charge in [-0.2, -0.15) is 0 Å². The van der Waals surface area contributed by atoms with Crippen molar-refractivity contribution in [2.45, 2.75) is 45.3 Å². The number of carboxylic acid groups (broad SMARTS) is 1. The summed E-state index contributed by atoms with van der Waals surface area (Å²) in [6, 6.07) is 7.45. The van der Waals surface area contributed by atoms with E-state index in [1.54, 1.807) is 0 Å². The fraction of sp³-hybridized carbons (Fsp3) is 0.533. The molecule has 0 spiro atoms. The van der Waals surface area contributed by atoms with Crippen LogP contribution in [-0.2, 0) is 17.8 Å². The second-order valence-corrected chi connectivity index (χ2v) is 5.26. The molecule has 0 aliphatic carbocycles. The van der Waals surface area contributed by atoms with Crippen LogP contribution in [0.25, 0.3) is 0 Å². The Labute approximate surface area is 113 Å². The van der Waals surface area contributed by atoms with Gasteiger partial charge < -0.3 is 15.3 Å². The number of carboxylic acids is 1. The third-order valence-corrected chi connectivity index (χ3v) is 3.65. The maximum Gasteiger partial charge on any atom is 0.306 e. The van der Waals surface area contributed by atoms with Gasteiger partial charge in [-0.05, 0) is 29.9 Å². The highest BCUT2D eigenvalue weighted by molar-refractivity contribution is 5.68. The van der Waals surface area contributed by atoms with E-state index >= 15 is 0 Å². The minimum Gasteiger partial charge on any atom is -0.481 e. The van der Waals surface area contributed by atoms with Crippen LogP contribution < -0.4 is 0 Å². The molecule has 0 aromatic heterocycles. The lowest BCUT2D eigenvalue weighted by Crippen LogP contribution is -2.38. The first kappa shape index (κ1) is 15.7. The van der Waals surface area contributed by atoms with Crippen molar-refractivity contribution in [1.29, 1.82) is 0 Å². The normalized spacial score (nSPS) is 14.4. The Morgan fingerprint density at radius 1 is 1.26 bits per heavy atom. The molecule has 0 aliphatic rings. The molecule has 0 heterocycles. The van der Waals surface area contributed by atoms with E-state index in [1.807, 2.05) is 38.1 Å². The lowest BCUT2D eigenvalue weighted by atomic mass is 9.81. The van der Waals surface area contributed by atoms with Crippen molar-refractivity contribution in [1.82, 2.24) is 0 Å². The molecule has 0 saturated carbocycles. The maximum absolute atomic E-state index is 10.9. The first-order chi connectivity index (χ1) is 8.89.